The van der Waals surface area contributed by atoms with E-state index in [1.54, 1.807) is 14.1 Å². The first kappa shape index (κ1) is 13.0. The molecule has 0 aliphatic heterocycles. The fraction of sp³-hybridized carbons (Fsp3) is 0.417. The summed E-state index contributed by atoms with van der Waals surface area (Å²) in [6.45, 7) is 4.01. The number of aryl methyl sites for hydroxylation is 2. The van der Waals surface area contributed by atoms with Crippen LogP contribution in [-0.2, 0) is 4.79 Å². The summed E-state index contributed by atoms with van der Waals surface area (Å²) in [5, 5.41) is 0. The number of rotatable bonds is 3. The number of hydrogen-bond donors (Lipinski definition) is 0. The predicted octanol–water partition coefficient (Wildman–Crippen LogP) is 2.53. The van der Waals surface area contributed by atoms with Crippen molar-refractivity contribution in [3.8, 4) is 5.75 Å². The summed E-state index contributed by atoms with van der Waals surface area (Å²) in [6, 6.07) is 3.95. The van der Waals surface area contributed by atoms with Gasteiger partial charge in [-0.1, -0.05) is 15.9 Å². The van der Waals surface area contributed by atoms with E-state index in [4.69, 9.17) is 4.74 Å². The Labute approximate surface area is 105 Å². The minimum atomic E-state index is -0.0401. The first-order chi connectivity index (χ1) is 7.41. The molecule has 16 heavy (non-hydrogen) atoms. The van der Waals surface area contributed by atoms with Crippen molar-refractivity contribution >= 4 is 21.8 Å². The largest absolute Gasteiger partial charge is 0.483 e. The van der Waals surface area contributed by atoms with Crippen LogP contribution in [0.4, 0.5) is 0 Å². The van der Waals surface area contributed by atoms with E-state index in [1.807, 2.05) is 26.0 Å². The van der Waals surface area contributed by atoms with Crippen molar-refractivity contribution in [2.24, 2.45) is 0 Å². The Morgan fingerprint density at radius 1 is 1.31 bits per heavy atom. The van der Waals surface area contributed by atoms with E-state index in [9.17, 15) is 4.79 Å². The maximum absolute atomic E-state index is 11.4. The van der Waals surface area contributed by atoms with Gasteiger partial charge in [0.15, 0.2) is 6.61 Å². The number of ether oxygens (including phenoxy) is 1. The summed E-state index contributed by atoms with van der Waals surface area (Å²) in [4.78, 5) is 12.9. The molecule has 0 unspecified atom stereocenters. The van der Waals surface area contributed by atoms with Crippen LogP contribution in [0.1, 0.15) is 11.1 Å². The summed E-state index contributed by atoms with van der Waals surface area (Å²) < 4.78 is 6.56. The minimum Gasteiger partial charge on any atom is -0.483 e. The summed E-state index contributed by atoms with van der Waals surface area (Å²) in [6.07, 6.45) is 0. The molecule has 0 spiro atoms. The SMILES string of the molecule is Cc1cc(Br)cc(C)c1OCC(=O)N(C)C. The Balaban J connectivity index is 2.78. The quantitative estimate of drug-likeness (QED) is 0.854. The zero-order chi connectivity index (χ0) is 12.3. The van der Waals surface area contributed by atoms with Crippen LogP contribution in [0.5, 0.6) is 5.75 Å². The molecule has 1 rings (SSSR count). The number of carbonyl (C=O) groups excluding carboxylic acids is 1. The maximum Gasteiger partial charge on any atom is 0.259 e. The van der Waals surface area contributed by atoms with Crippen LogP contribution in [0, 0.1) is 13.8 Å². The Kier molecular flexibility index (Phi) is 4.35. The highest BCUT2D eigenvalue weighted by Crippen LogP contribution is 2.27. The molecule has 0 saturated carbocycles. The Hall–Kier alpha value is -1.03. The van der Waals surface area contributed by atoms with E-state index in [0.717, 1.165) is 21.3 Å². The Bertz CT molecular complexity index is 379. The molecule has 0 atom stereocenters. The van der Waals surface area contributed by atoms with Crippen LogP contribution >= 0.6 is 15.9 Å². The summed E-state index contributed by atoms with van der Waals surface area (Å²) in [5.41, 5.74) is 2.05. The third kappa shape index (κ3) is 3.23. The lowest BCUT2D eigenvalue weighted by Crippen LogP contribution is -2.27. The Morgan fingerprint density at radius 3 is 2.25 bits per heavy atom. The third-order valence-corrected chi connectivity index (χ3v) is 2.72. The molecular formula is C12H16BrNO2. The van der Waals surface area contributed by atoms with E-state index in [1.165, 1.54) is 4.90 Å². The van der Waals surface area contributed by atoms with Crippen molar-refractivity contribution in [1.29, 1.82) is 0 Å². The molecule has 0 bridgehead atoms. The molecule has 1 aromatic rings. The smallest absolute Gasteiger partial charge is 0.259 e. The molecule has 0 aromatic heterocycles. The summed E-state index contributed by atoms with van der Waals surface area (Å²) >= 11 is 3.42. The van der Waals surface area contributed by atoms with Gasteiger partial charge in [-0.05, 0) is 37.1 Å². The summed E-state index contributed by atoms with van der Waals surface area (Å²) in [7, 11) is 3.43. The van der Waals surface area contributed by atoms with Gasteiger partial charge in [0.05, 0.1) is 0 Å². The van der Waals surface area contributed by atoms with Crippen LogP contribution in [0.25, 0.3) is 0 Å². The lowest BCUT2D eigenvalue weighted by molar-refractivity contribution is -0.130. The van der Waals surface area contributed by atoms with Gasteiger partial charge >= 0.3 is 0 Å². The van der Waals surface area contributed by atoms with Gasteiger partial charge in [0, 0.05) is 18.6 Å². The Morgan fingerprint density at radius 2 is 1.81 bits per heavy atom. The second kappa shape index (κ2) is 5.34. The van der Waals surface area contributed by atoms with Crippen molar-refractivity contribution < 1.29 is 9.53 Å². The lowest BCUT2D eigenvalue weighted by atomic mass is 10.1. The molecule has 0 N–H and O–H groups in total. The van der Waals surface area contributed by atoms with Crippen LogP contribution in [0.2, 0.25) is 0 Å². The van der Waals surface area contributed by atoms with Gasteiger partial charge in [0.2, 0.25) is 0 Å². The van der Waals surface area contributed by atoms with Gasteiger partial charge < -0.3 is 9.64 Å². The van der Waals surface area contributed by atoms with Gasteiger partial charge in [-0.2, -0.15) is 0 Å². The van der Waals surface area contributed by atoms with Crippen molar-refractivity contribution in [2.45, 2.75) is 13.8 Å². The van der Waals surface area contributed by atoms with E-state index >= 15 is 0 Å². The zero-order valence-corrected chi connectivity index (χ0v) is 11.6. The predicted molar refractivity (Wildman–Crippen MR) is 67.8 cm³/mol. The lowest BCUT2D eigenvalue weighted by Gasteiger charge is -2.14. The third-order valence-electron chi connectivity index (χ3n) is 2.26. The van der Waals surface area contributed by atoms with Gasteiger partial charge in [-0.3, -0.25) is 4.79 Å². The standard InChI is InChI=1S/C12H16BrNO2/c1-8-5-10(13)6-9(2)12(8)16-7-11(15)14(3)4/h5-6H,7H2,1-4H3. The van der Waals surface area contributed by atoms with Crippen LogP contribution in [0.3, 0.4) is 0 Å². The minimum absolute atomic E-state index is 0.0401. The molecule has 0 aliphatic rings. The van der Waals surface area contributed by atoms with E-state index in [2.05, 4.69) is 15.9 Å². The van der Waals surface area contributed by atoms with Gasteiger partial charge in [-0.15, -0.1) is 0 Å². The van der Waals surface area contributed by atoms with Crippen LogP contribution < -0.4 is 4.74 Å². The number of benzene rings is 1. The number of hydrogen-bond acceptors (Lipinski definition) is 2. The number of halogens is 1. The first-order valence-corrected chi connectivity index (χ1v) is 5.81. The number of likely N-dealkylation sites (N-methyl/N-ethyl adjacent to an activating group) is 1. The summed E-state index contributed by atoms with van der Waals surface area (Å²) in [5.74, 6) is 0.750. The average Bonchev–Trinajstić information content (AvgIpc) is 2.15. The molecular weight excluding hydrogens is 270 g/mol. The fourth-order valence-electron chi connectivity index (χ4n) is 1.39. The number of amides is 1. The highest BCUT2D eigenvalue weighted by Gasteiger charge is 2.09. The fourth-order valence-corrected chi connectivity index (χ4v) is 2.07. The van der Waals surface area contributed by atoms with Crippen molar-refractivity contribution in [3.63, 3.8) is 0 Å². The molecule has 0 radical (unpaired) electrons. The van der Waals surface area contributed by atoms with Gasteiger partial charge in [0.25, 0.3) is 5.91 Å². The molecule has 1 aromatic carbocycles. The molecule has 1 amide bonds. The van der Waals surface area contributed by atoms with Gasteiger partial charge in [-0.25, -0.2) is 0 Å². The molecule has 0 saturated heterocycles. The number of nitrogens with zero attached hydrogens (tertiary/aromatic N) is 1. The van der Waals surface area contributed by atoms with E-state index in [0.29, 0.717) is 0 Å². The zero-order valence-electron chi connectivity index (χ0n) is 10.0. The average molecular weight is 286 g/mol. The molecule has 0 aliphatic carbocycles. The van der Waals surface area contributed by atoms with Crippen molar-refractivity contribution in [1.82, 2.24) is 4.90 Å². The monoisotopic (exact) mass is 285 g/mol. The molecule has 3 nitrogen and oxygen atoms in total. The normalized spacial score (nSPS) is 10.1. The van der Waals surface area contributed by atoms with Crippen LogP contribution in [0.15, 0.2) is 16.6 Å². The maximum atomic E-state index is 11.4. The molecule has 88 valence electrons. The van der Waals surface area contributed by atoms with Crippen molar-refractivity contribution in [2.75, 3.05) is 20.7 Å². The van der Waals surface area contributed by atoms with E-state index < -0.39 is 0 Å². The first-order valence-electron chi connectivity index (χ1n) is 5.01. The number of carbonyl (C=O) groups is 1. The molecule has 0 heterocycles. The highest BCUT2D eigenvalue weighted by atomic mass is 79.9. The van der Waals surface area contributed by atoms with Gasteiger partial charge in [0.1, 0.15) is 5.75 Å². The second-order valence-corrected chi connectivity index (χ2v) is 4.86. The second-order valence-electron chi connectivity index (χ2n) is 3.95. The van der Waals surface area contributed by atoms with E-state index in [-0.39, 0.29) is 12.5 Å². The van der Waals surface area contributed by atoms with Crippen LogP contribution in [-0.4, -0.2) is 31.5 Å². The van der Waals surface area contributed by atoms with Crippen molar-refractivity contribution in [3.05, 3.63) is 27.7 Å². The topological polar surface area (TPSA) is 29.5 Å². The highest BCUT2D eigenvalue weighted by molar-refractivity contribution is 9.10. The molecule has 4 heteroatoms. The molecule has 0 fully saturated rings.